The molecule has 5 aliphatic rings. The lowest BCUT2D eigenvalue weighted by Crippen LogP contribution is -2.47. The number of carbonyl (C=O) groups excluding carboxylic acids is 1. The van der Waals surface area contributed by atoms with Gasteiger partial charge in [0.1, 0.15) is 0 Å². The summed E-state index contributed by atoms with van der Waals surface area (Å²) in [6.45, 7) is 13.6. The molecule has 4 heteroatoms. The number of nitrogens with zero attached hydrogens (tertiary/aromatic N) is 2. The lowest BCUT2D eigenvalue weighted by molar-refractivity contribution is 0.0225. The van der Waals surface area contributed by atoms with Crippen LogP contribution in [0.1, 0.15) is 123 Å². The highest BCUT2D eigenvalue weighted by molar-refractivity contribution is 5.98. The smallest absolute Gasteiger partial charge is 0.340 e. The van der Waals surface area contributed by atoms with Crippen LogP contribution in [0.4, 0.5) is 11.4 Å². The fraction of sp³-hybridized carbons (Fsp3) is 0.425. The molecular formula is C40H44N2O2. The van der Waals surface area contributed by atoms with Crippen LogP contribution >= 0.6 is 0 Å². The summed E-state index contributed by atoms with van der Waals surface area (Å²) >= 11 is 0. The molecule has 0 unspecified atom stereocenters. The van der Waals surface area contributed by atoms with Crippen LogP contribution in [0.3, 0.4) is 0 Å². The van der Waals surface area contributed by atoms with Gasteiger partial charge in [-0.3, -0.25) is 0 Å². The van der Waals surface area contributed by atoms with E-state index >= 15 is 0 Å². The van der Waals surface area contributed by atoms with Gasteiger partial charge >= 0.3 is 5.97 Å². The van der Waals surface area contributed by atoms with Crippen molar-refractivity contribution in [3.63, 3.8) is 0 Å². The van der Waals surface area contributed by atoms with Crippen molar-refractivity contribution in [2.45, 2.75) is 95.7 Å². The Morgan fingerprint density at radius 2 is 1.14 bits per heavy atom. The minimum atomic E-state index is -0.997. The highest BCUT2D eigenvalue weighted by atomic mass is 16.6. The van der Waals surface area contributed by atoms with E-state index in [1.54, 1.807) is 0 Å². The highest BCUT2D eigenvalue weighted by Gasteiger charge is 2.58. The first-order valence-electron chi connectivity index (χ1n) is 16.4. The highest BCUT2D eigenvalue weighted by Crippen LogP contribution is 2.63. The van der Waals surface area contributed by atoms with Gasteiger partial charge in [-0.2, -0.15) is 0 Å². The van der Waals surface area contributed by atoms with Crippen LogP contribution in [0.15, 0.2) is 60.7 Å². The molecule has 4 nitrogen and oxygen atoms in total. The van der Waals surface area contributed by atoms with Crippen molar-refractivity contribution in [1.29, 1.82) is 0 Å². The number of allylic oxidation sites excluding steroid dienone is 2. The van der Waals surface area contributed by atoms with Crippen molar-refractivity contribution < 1.29 is 9.53 Å². The van der Waals surface area contributed by atoms with Crippen molar-refractivity contribution in [2.24, 2.45) is 0 Å². The summed E-state index contributed by atoms with van der Waals surface area (Å²) in [5, 5.41) is 0. The molecule has 8 rings (SSSR count). The van der Waals surface area contributed by atoms with Gasteiger partial charge in [-0.25, -0.2) is 4.79 Å². The predicted octanol–water partition coefficient (Wildman–Crippen LogP) is 8.98. The summed E-state index contributed by atoms with van der Waals surface area (Å²) in [6, 6.07) is 17.9. The molecule has 0 bridgehead atoms. The maximum atomic E-state index is 13.8. The SMILES string of the molecule is CC1=CC(C)(C)N(C)c2cc3c(cc21)C1(OC(=O)c2ccccc21)c1cc2c(cc1C31CCCCC1)N(C)C(C)(C)C=C2C. The molecule has 3 aromatic rings. The summed E-state index contributed by atoms with van der Waals surface area (Å²) in [5.74, 6) is -0.233. The topological polar surface area (TPSA) is 32.8 Å². The molecule has 3 aliphatic heterocycles. The summed E-state index contributed by atoms with van der Waals surface area (Å²) in [5.41, 5.74) is 12.8. The zero-order valence-electron chi connectivity index (χ0n) is 27.5. The van der Waals surface area contributed by atoms with E-state index < -0.39 is 5.60 Å². The van der Waals surface area contributed by atoms with Crippen molar-refractivity contribution in [1.82, 2.24) is 0 Å². The second-order valence-electron chi connectivity index (χ2n) is 15.2. The molecule has 0 aromatic heterocycles. The van der Waals surface area contributed by atoms with Gasteiger partial charge < -0.3 is 14.5 Å². The third-order valence-electron chi connectivity index (χ3n) is 12.0. The second-order valence-corrected chi connectivity index (χ2v) is 15.2. The largest absolute Gasteiger partial charge is 0.441 e. The molecule has 3 aromatic carbocycles. The number of rotatable bonds is 0. The Kier molecular flexibility index (Phi) is 5.47. The van der Waals surface area contributed by atoms with Gasteiger partial charge in [-0.05, 0) is 107 Å². The van der Waals surface area contributed by atoms with Crippen LogP contribution in [-0.2, 0) is 15.8 Å². The van der Waals surface area contributed by atoms with Crippen LogP contribution in [0.25, 0.3) is 11.1 Å². The number of fused-ring (bicyclic) bond motifs is 10. The van der Waals surface area contributed by atoms with E-state index in [1.165, 1.54) is 64.0 Å². The first kappa shape index (κ1) is 27.7. The molecular weight excluding hydrogens is 540 g/mol. The van der Waals surface area contributed by atoms with E-state index in [4.69, 9.17) is 4.74 Å². The van der Waals surface area contributed by atoms with Gasteiger partial charge in [0.15, 0.2) is 5.60 Å². The average molecular weight is 585 g/mol. The molecule has 2 spiro atoms. The molecule has 0 atom stereocenters. The van der Waals surface area contributed by atoms with E-state index in [2.05, 4.69) is 114 Å². The van der Waals surface area contributed by atoms with Crippen molar-refractivity contribution >= 4 is 28.5 Å². The van der Waals surface area contributed by atoms with E-state index in [9.17, 15) is 4.79 Å². The fourth-order valence-corrected chi connectivity index (χ4v) is 9.37. The maximum absolute atomic E-state index is 13.8. The van der Waals surface area contributed by atoms with E-state index in [1.807, 2.05) is 12.1 Å². The predicted molar refractivity (Wildman–Crippen MR) is 181 cm³/mol. The second kappa shape index (κ2) is 8.68. The Balaban J connectivity index is 1.54. The molecule has 0 saturated heterocycles. The molecule has 226 valence electrons. The van der Waals surface area contributed by atoms with Gasteiger partial charge in [-0.1, -0.05) is 49.6 Å². The fourth-order valence-electron chi connectivity index (χ4n) is 9.37. The summed E-state index contributed by atoms with van der Waals surface area (Å²) in [6.07, 6.45) is 10.6. The number of hydrogen-bond acceptors (Lipinski definition) is 4. The molecule has 0 amide bonds. The van der Waals surface area contributed by atoms with Crippen molar-refractivity contribution in [3.8, 4) is 0 Å². The zero-order valence-corrected chi connectivity index (χ0v) is 27.5. The maximum Gasteiger partial charge on any atom is 0.340 e. The Hall–Kier alpha value is -3.79. The summed E-state index contributed by atoms with van der Waals surface area (Å²) in [4.78, 5) is 18.7. The molecule has 2 aliphatic carbocycles. The zero-order chi connectivity index (χ0) is 31.0. The Morgan fingerprint density at radius 1 is 0.636 bits per heavy atom. The molecule has 44 heavy (non-hydrogen) atoms. The third-order valence-corrected chi connectivity index (χ3v) is 12.0. The van der Waals surface area contributed by atoms with Gasteiger partial charge in [0.2, 0.25) is 0 Å². The molecule has 0 N–H and O–H groups in total. The first-order valence-corrected chi connectivity index (χ1v) is 16.4. The van der Waals surface area contributed by atoms with Crippen molar-refractivity contribution in [3.05, 3.63) is 105 Å². The lowest BCUT2D eigenvalue weighted by Gasteiger charge is -2.52. The quantitative estimate of drug-likeness (QED) is 0.247. The average Bonchev–Trinajstić information content (AvgIpc) is 3.30. The van der Waals surface area contributed by atoms with E-state index in [0.29, 0.717) is 5.56 Å². The van der Waals surface area contributed by atoms with Crippen LogP contribution in [0.2, 0.25) is 0 Å². The summed E-state index contributed by atoms with van der Waals surface area (Å²) < 4.78 is 6.83. The number of benzene rings is 3. The molecule has 1 saturated carbocycles. The monoisotopic (exact) mass is 584 g/mol. The first-order chi connectivity index (χ1) is 20.8. The van der Waals surface area contributed by atoms with E-state index in [0.717, 1.165) is 29.5 Å². The molecule has 1 fully saturated rings. The van der Waals surface area contributed by atoms with Gasteiger partial charge in [0, 0.05) is 58.7 Å². The van der Waals surface area contributed by atoms with Crippen LogP contribution < -0.4 is 9.80 Å². The van der Waals surface area contributed by atoms with Crippen LogP contribution in [-0.4, -0.2) is 31.1 Å². The number of ether oxygens (including phenoxy) is 1. The number of anilines is 2. The normalized spacial score (nSPS) is 22.8. The number of hydrogen-bond donors (Lipinski definition) is 0. The molecule has 0 radical (unpaired) electrons. The summed E-state index contributed by atoms with van der Waals surface area (Å²) in [7, 11) is 4.45. The number of esters is 1. The Labute approximate surface area is 262 Å². The molecule has 3 heterocycles. The number of carbonyl (C=O) groups is 1. The van der Waals surface area contributed by atoms with Crippen molar-refractivity contribution in [2.75, 3.05) is 23.9 Å². The van der Waals surface area contributed by atoms with Crippen LogP contribution in [0.5, 0.6) is 0 Å². The van der Waals surface area contributed by atoms with Gasteiger partial charge in [0.25, 0.3) is 0 Å². The minimum Gasteiger partial charge on any atom is -0.441 e. The minimum absolute atomic E-state index is 0.0983. The third kappa shape index (κ3) is 3.32. The standard InChI is InChI=1S/C40H44N2O2/c1-24-22-37(3,4)41(7)34-20-30-32(18-27(24)34)40(29-15-11-10-14-26(29)36(43)44-40)33-19-28-25(2)23-38(5,6)42(8)35(28)21-31(33)39(30)16-12-9-13-17-39/h10-11,14-15,18-23H,9,12-13,16-17H2,1-8H3. The van der Waals surface area contributed by atoms with Crippen LogP contribution in [0, 0.1) is 0 Å². The Bertz CT molecular complexity index is 1750. The Morgan fingerprint density at radius 3 is 1.66 bits per heavy atom. The van der Waals surface area contributed by atoms with Gasteiger partial charge in [-0.15, -0.1) is 0 Å². The lowest BCUT2D eigenvalue weighted by atomic mass is 9.55. The van der Waals surface area contributed by atoms with Gasteiger partial charge in [0.05, 0.1) is 16.6 Å². The van der Waals surface area contributed by atoms with E-state index in [-0.39, 0.29) is 22.5 Å². The number of likely N-dealkylation sites (N-methyl/N-ethyl adjacent to an activating group) is 2.